The van der Waals surface area contributed by atoms with E-state index in [4.69, 9.17) is 18.6 Å². The van der Waals surface area contributed by atoms with Crippen molar-refractivity contribution in [3.05, 3.63) is 285 Å². The maximum atomic E-state index is 12.3. The zero-order chi connectivity index (χ0) is 63.2. The molecule has 0 atom stereocenters. The molecule has 4 heterocycles. The molecular weight excluding hydrogens is 1200 g/mol. The van der Waals surface area contributed by atoms with Gasteiger partial charge in [-0.2, -0.15) is 0 Å². The molecule has 0 saturated carbocycles. The first-order valence-corrected chi connectivity index (χ1v) is 28.3. The summed E-state index contributed by atoms with van der Waals surface area (Å²) in [6.07, 6.45) is 6.12. The topological polar surface area (TPSA) is 261 Å². The van der Waals surface area contributed by atoms with Crippen molar-refractivity contribution in [1.82, 2.24) is 19.9 Å². The molecule has 0 aliphatic heterocycles. The normalized spacial score (nSPS) is 10.7. The van der Waals surface area contributed by atoms with Gasteiger partial charge in [0.05, 0.1) is 47.4 Å². The van der Waals surface area contributed by atoms with E-state index in [9.17, 15) is 49.5 Å². The molecule has 8 aromatic carbocycles. The van der Waals surface area contributed by atoms with Gasteiger partial charge in [0.25, 0.3) is 16.7 Å². The smallest absolute Gasteiger partial charge is 0.301 e. The average molecular weight is 1250 g/mol. The lowest BCUT2D eigenvalue weighted by Crippen LogP contribution is -2.10. The number of H-pyrrole nitrogens is 4. The number of nitrogens with one attached hydrogen (secondary N) is 4. The number of carbonyl (C=O) groups is 1. The standard InChI is InChI=1S/C18H12N2O3.C18H15NO2.C17H14N2O2S.C16H11BrN2O3/c1-3-12-5-7-13(8-6-12)16-17(20(22)23)14-9-4-11(2)10-15(14)18(21)19-16;1-11-3-6-13(7-4-11)17-16(10-20)14-8-5-12(2)9-15(14)18(21)19-17;1-10-3-6-12(7-4-10)15-16(19(20)21)13-8-5-11(2)9-14(13)17(22)18-15;1-9-2-7-12-13(8-9)16(20)18-14(15(12)19(21)22)10-3-5-11(17)6-4-10/h1,4-10H,2H3,(H,19,21);3-10H,1-2H3,(H,19,21);3-9H,1-2H3,(H,18,22);2-8H,1H3,(H,18,20). The molecule has 12 rings (SSSR count). The van der Waals surface area contributed by atoms with E-state index in [2.05, 4.69) is 41.8 Å². The van der Waals surface area contributed by atoms with Crippen molar-refractivity contribution in [2.45, 2.75) is 41.5 Å². The number of hydrogen-bond acceptors (Lipinski definition) is 11. The van der Waals surface area contributed by atoms with Gasteiger partial charge in [-0.25, -0.2) is 0 Å². The molecule has 0 spiro atoms. The van der Waals surface area contributed by atoms with E-state index in [-0.39, 0.29) is 50.1 Å². The molecule has 436 valence electrons. The van der Waals surface area contributed by atoms with Crippen LogP contribution in [0.1, 0.15) is 49.3 Å². The largest absolute Gasteiger partial charge is 0.340 e. The van der Waals surface area contributed by atoms with E-state index >= 15 is 0 Å². The van der Waals surface area contributed by atoms with Gasteiger partial charge in [-0.1, -0.05) is 171 Å². The number of hydrogen-bond donors (Lipinski definition) is 4. The summed E-state index contributed by atoms with van der Waals surface area (Å²) in [6, 6.07) is 50.1. The number of aryl methyl sites for hydroxylation is 6. The van der Waals surface area contributed by atoms with Gasteiger partial charge in [-0.15, -0.1) is 6.42 Å². The van der Waals surface area contributed by atoms with E-state index in [1.54, 1.807) is 97.1 Å². The Kier molecular flexibility index (Phi) is 18.2. The summed E-state index contributed by atoms with van der Waals surface area (Å²) >= 11 is 8.72. The minimum absolute atomic E-state index is 0.0625. The van der Waals surface area contributed by atoms with Gasteiger partial charge in [0, 0.05) is 43.1 Å². The zero-order valence-corrected chi connectivity index (χ0v) is 50.4. The summed E-state index contributed by atoms with van der Waals surface area (Å²) in [5.74, 6) is 2.48. The molecule has 0 bridgehead atoms. The van der Waals surface area contributed by atoms with Crippen LogP contribution < -0.4 is 16.7 Å². The van der Waals surface area contributed by atoms with Crippen molar-refractivity contribution in [3.63, 3.8) is 0 Å². The molecule has 0 radical (unpaired) electrons. The number of nitro groups is 3. The average Bonchev–Trinajstić information content (AvgIpc) is 2.35. The molecule has 12 aromatic rings. The third-order valence-corrected chi connectivity index (χ3v) is 15.3. The number of aromatic nitrogens is 4. The fourth-order valence-electron chi connectivity index (χ4n) is 10.1. The molecular formula is C69H52BrN7O10S. The van der Waals surface area contributed by atoms with Gasteiger partial charge in [0.15, 0.2) is 6.29 Å². The predicted molar refractivity (Wildman–Crippen MR) is 354 cm³/mol. The van der Waals surface area contributed by atoms with E-state index < -0.39 is 9.85 Å². The third kappa shape index (κ3) is 13.1. The predicted octanol–water partition coefficient (Wildman–Crippen LogP) is 16.3. The van der Waals surface area contributed by atoms with Crippen LogP contribution in [0.25, 0.3) is 88.1 Å². The van der Waals surface area contributed by atoms with Crippen molar-refractivity contribution < 1.29 is 19.6 Å². The highest BCUT2D eigenvalue weighted by molar-refractivity contribution is 9.10. The van der Waals surface area contributed by atoms with Gasteiger partial charge in [0.1, 0.15) is 21.7 Å². The van der Waals surface area contributed by atoms with Gasteiger partial charge < -0.3 is 19.9 Å². The molecule has 0 fully saturated rings. The van der Waals surface area contributed by atoms with Crippen molar-refractivity contribution in [2.24, 2.45) is 0 Å². The maximum absolute atomic E-state index is 12.3. The number of terminal acetylenes is 1. The van der Waals surface area contributed by atoms with Crippen LogP contribution in [0.4, 0.5) is 17.1 Å². The molecule has 0 aliphatic carbocycles. The number of pyridine rings is 4. The third-order valence-electron chi connectivity index (χ3n) is 14.5. The quantitative estimate of drug-likeness (QED) is 0.0365. The number of rotatable bonds is 8. The van der Waals surface area contributed by atoms with Crippen LogP contribution in [-0.4, -0.2) is 41.0 Å². The molecule has 0 unspecified atom stereocenters. The summed E-state index contributed by atoms with van der Waals surface area (Å²) in [5.41, 5.74) is 10.3. The second-order valence-electron chi connectivity index (χ2n) is 20.8. The Hall–Kier alpha value is -11.1. The number of aldehydes is 1. The van der Waals surface area contributed by atoms with Crippen LogP contribution in [0.5, 0.6) is 0 Å². The fourth-order valence-corrected chi connectivity index (χ4v) is 10.6. The lowest BCUT2D eigenvalue weighted by Gasteiger charge is -2.09. The number of aromatic amines is 4. The zero-order valence-electron chi connectivity index (χ0n) is 48.0. The first-order chi connectivity index (χ1) is 42.0. The Bertz CT molecular complexity index is 4930. The summed E-state index contributed by atoms with van der Waals surface area (Å²) in [7, 11) is 0. The first kappa shape index (κ1) is 61.5. The summed E-state index contributed by atoms with van der Waals surface area (Å²) in [6.45, 7) is 11.5. The van der Waals surface area contributed by atoms with Crippen LogP contribution >= 0.6 is 28.1 Å². The number of fused-ring (bicyclic) bond motifs is 4. The first-order valence-electron chi connectivity index (χ1n) is 27.1. The molecule has 88 heavy (non-hydrogen) atoms. The maximum Gasteiger partial charge on any atom is 0.301 e. The lowest BCUT2D eigenvalue weighted by atomic mass is 9.99. The van der Waals surface area contributed by atoms with Crippen molar-refractivity contribution in [2.75, 3.05) is 0 Å². The highest BCUT2D eigenvalue weighted by Crippen LogP contribution is 2.38. The summed E-state index contributed by atoms with van der Waals surface area (Å²) in [4.78, 5) is 93.1. The lowest BCUT2D eigenvalue weighted by molar-refractivity contribution is -0.382. The van der Waals surface area contributed by atoms with Crippen LogP contribution in [0.2, 0.25) is 0 Å². The van der Waals surface area contributed by atoms with E-state index in [0.717, 1.165) is 55.3 Å². The summed E-state index contributed by atoms with van der Waals surface area (Å²) < 4.78 is 1.37. The molecule has 4 aromatic heterocycles. The van der Waals surface area contributed by atoms with Gasteiger partial charge in [-0.3, -0.25) is 49.5 Å². The van der Waals surface area contributed by atoms with Crippen LogP contribution in [0, 0.1) is 88.9 Å². The Labute approximate surface area is 515 Å². The minimum Gasteiger partial charge on any atom is -0.340 e. The monoisotopic (exact) mass is 1250 g/mol. The molecule has 17 nitrogen and oxygen atoms in total. The highest BCUT2D eigenvalue weighted by atomic mass is 79.9. The molecule has 0 saturated heterocycles. The Morgan fingerprint density at radius 2 is 0.705 bits per heavy atom. The second-order valence-corrected chi connectivity index (χ2v) is 22.1. The van der Waals surface area contributed by atoms with E-state index in [1.807, 2.05) is 114 Å². The fraction of sp³-hybridized carbons (Fsp3) is 0.0870. The van der Waals surface area contributed by atoms with Crippen molar-refractivity contribution >= 4 is 94.6 Å². The van der Waals surface area contributed by atoms with Crippen LogP contribution in [0.15, 0.2) is 189 Å². The number of carbonyl (C=O) groups excluding carboxylic acids is 1. The van der Waals surface area contributed by atoms with Gasteiger partial charge in [0.2, 0.25) is 0 Å². The minimum atomic E-state index is -0.474. The molecule has 0 aliphatic rings. The van der Waals surface area contributed by atoms with Gasteiger partial charge in [-0.05, 0) is 119 Å². The van der Waals surface area contributed by atoms with Crippen LogP contribution in [-0.2, 0) is 0 Å². The molecule has 0 amide bonds. The molecule has 4 N–H and O–H groups in total. The number of halogens is 1. The highest BCUT2D eigenvalue weighted by Gasteiger charge is 2.25. The molecule has 19 heteroatoms. The van der Waals surface area contributed by atoms with Crippen molar-refractivity contribution in [1.29, 1.82) is 0 Å². The van der Waals surface area contributed by atoms with Crippen molar-refractivity contribution in [3.8, 4) is 57.4 Å². The number of benzene rings is 8. The Morgan fingerprint density at radius 1 is 0.409 bits per heavy atom. The number of nitrogens with zero attached hydrogens (tertiary/aromatic N) is 3. The van der Waals surface area contributed by atoms with Crippen LogP contribution in [0.3, 0.4) is 0 Å². The SMILES string of the molecule is C#Cc1ccc(-c2[nH]c(=O)c3cc(C)ccc3c2[N+](=O)[O-])cc1.Cc1ccc(-c2[nH]c(=O)c3cc(C)ccc3c2C=O)cc1.Cc1ccc(-c2[nH]c(=S)c3cc(C)ccc3c2[N+](=O)[O-])cc1.Cc1ccc2c([N+](=O)[O-])c(-c3ccc(Br)cc3)[nH]c(=O)c2c1. The van der Waals surface area contributed by atoms with Gasteiger partial charge >= 0.3 is 17.1 Å². The second kappa shape index (κ2) is 26.0. The Morgan fingerprint density at radius 3 is 1.08 bits per heavy atom. The summed E-state index contributed by atoms with van der Waals surface area (Å²) in [5, 5.41) is 38.6. The Balaban J connectivity index is 0.000000140. The van der Waals surface area contributed by atoms with E-state index in [1.165, 1.54) is 0 Å². The van der Waals surface area contributed by atoms with E-state index in [0.29, 0.717) is 81.4 Å².